The van der Waals surface area contributed by atoms with Gasteiger partial charge in [0, 0.05) is 5.56 Å². The number of hydrogen-bond acceptors (Lipinski definition) is 4. The third-order valence-corrected chi connectivity index (χ3v) is 2.08. The molecule has 0 spiro atoms. The predicted molar refractivity (Wildman–Crippen MR) is 45.5 cm³/mol. The largest absolute Gasteiger partial charge is 0.375 e. The Morgan fingerprint density at radius 1 is 1.46 bits per heavy atom. The average Bonchev–Trinajstić information content (AvgIpc) is 2.16. The van der Waals surface area contributed by atoms with Gasteiger partial charge in [-0.3, -0.25) is 4.79 Å². The molecular formula is C9H10N2O2. The van der Waals surface area contributed by atoms with Gasteiger partial charge in [-0.2, -0.15) is 0 Å². The molecule has 0 saturated carbocycles. The number of hydrogen-bond donors (Lipinski definition) is 0. The molecule has 13 heavy (non-hydrogen) atoms. The number of fused-ring (bicyclic) bond motifs is 1. The third-order valence-electron chi connectivity index (χ3n) is 2.08. The van der Waals surface area contributed by atoms with Gasteiger partial charge < -0.3 is 4.74 Å². The normalized spacial score (nSPS) is 15.2. The summed E-state index contributed by atoms with van der Waals surface area (Å²) in [6, 6.07) is 0. The summed E-state index contributed by atoms with van der Waals surface area (Å²) in [5.74, 6) is 0.631. The second-order valence-electron chi connectivity index (χ2n) is 3.00. The average molecular weight is 178 g/mol. The number of ether oxygens (including phenoxy) is 1. The van der Waals surface area contributed by atoms with E-state index in [0.717, 1.165) is 24.0 Å². The molecule has 0 aromatic carbocycles. The van der Waals surface area contributed by atoms with Crippen LogP contribution < -0.4 is 0 Å². The van der Waals surface area contributed by atoms with Crippen LogP contribution in [0.15, 0.2) is 0 Å². The van der Waals surface area contributed by atoms with Gasteiger partial charge in [-0.15, -0.1) is 0 Å². The van der Waals surface area contributed by atoms with Crippen molar-refractivity contribution in [2.24, 2.45) is 0 Å². The van der Waals surface area contributed by atoms with Crippen LogP contribution in [0.25, 0.3) is 0 Å². The molecule has 0 atom stereocenters. The van der Waals surface area contributed by atoms with Crippen LogP contribution in [0.1, 0.15) is 27.6 Å². The molecule has 4 heteroatoms. The van der Waals surface area contributed by atoms with Gasteiger partial charge in [0.1, 0.15) is 11.5 Å². The molecule has 1 aromatic rings. The molecule has 0 saturated heterocycles. The number of aldehydes is 1. The highest BCUT2D eigenvalue weighted by molar-refractivity contribution is 5.74. The molecule has 4 nitrogen and oxygen atoms in total. The fraction of sp³-hybridized carbons (Fsp3) is 0.444. The second-order valence-corrected chi connectivity index (χ2v) is 3.00. The van der Waals surface area contributed by atoms with Crippen LogP contribution in [0.4, 0.5) is 0 Å². The quantitative estimate of drug-likeness (QED) is 0.593. The van der Waals surface area contributed by atoms with Crippen molar-refractivity contribution in [1.29, 1.82) is 0 Å². The number of nitrogens with zero attached hydrogens (tertiary/aromatic N) is 2. The lowest BCUT2D eigenvalue weighted by Crippen LogP contribution is -2.16. The van der Waals surface area contributed by atoms with Crippen LogP contribution in [0, 0.1) is 6.92 Å². The zero-order valence-corrected chi connectivity index (χ0v) is 7.41. The molecule has 0 amide bonds. The summed E-state index contributed by atoms with van der Waals surface area (Å²) in [7, 11) is 0. The van der Waals surface area contributed by atoms with Crippen molar-refractivity contribution < 1.29 is 9.53 Å². The number of carbonyl (C=O) groups is 1. The van der Waals surface area contributed by atoms with E-state index < -0.39 is 0 Å². The lowest BCUT2D eigenvalue weighted by molar-refractivity contribution is 0.104. The van der Waals surface area contributed by atoms with Crippen LogP contribution in [0.5, 0.6) is 0 Å². The first kappa shape index (κ1) is 8.31. The summed E-state index contributed by atoms with van der Waals surface area (Å²) in [5, 5.41) is 0. The first-order chi connectivity index (χ1) is 6.31. The molecule has 0 fully saturated rings. The van der Waals surface area contributed by atoms with E-state index in [4.69, 9.17) is 4.74 Å². The molecule has 0 bridgehead atoms. The minimum Gasteiger partial charge on any atom is -0.375 e. The maximum atomic E-state index is 10.7. The second kappa shape index (κ2) is 3.22. The Morgan fingerprint density at radius 3 is 3.08 bits per heavy atom. The van der Waals surface area contributed by atoms with Crippen molar-refractivity contribution in [2.75, 3.05) is 6.61 Å². The third kappa shape index (κ3) is 1.45. The van der Waals surface area contributed by atoms with Crippen LogP contribution in [0.3, 0.4) is 0 Å². The van der Waals surface area contributed by atoms with Gasteiger partial charge in [-0.05, 0) is 13.3 Å². The summed E-state index contributed by atoms with van der Waals surface area (Å²) in [5.41, 5.74) is 2.33. The molecule has 1 aliphatic rings. The summed E-state index contributed by atoms with van der Waals surface area (Å²) >= 11 is 0. The van der Waals surface area contributed by atoms with Crippen LogP contribution in [-0.4, -0.2) is 22.9 Å². The van der Waals surface area contributed by atoms with Gasteiger partial charge in [0.2, 0.25) is 0 Å². The van der Waals surface area contributed by atoms with Gasteiger partial charge in [0.05, 0.1) is 18.9 Å². The van der Waals surface area contributed by atoms with Gasteiger partial charge in [0.25, 0.3) is 0 Å². The van der Waals surface area contributed by atoms with E-state index in [1.54, 1.807) is 6.92 Å². The topological polar surface area (TPSA) is 52.1 Å². The highest BCUT2D eigenvalue weighted by Crippen LogP contribution is 2.16. The molecule has 2 heterocycles. The van der Waals surface area contributed by atoms with Crippen molar-refractivity contribution in [2.45, 2.75) is 20.0 Å². The number of rotatable bonds is 1. The molecule has 1 aliphatic heterocycles. The number of aryl methyl sites for hydroxylation is 1. The van der Waals surface area contributed by atoms with E-state index in [-0.39, 0.29) is 0 Å². The Bertz CT molecular complexity index is 350. The van der Waals surface area contributed by atoms with Gasteiger partial charge in [-0.1, -0.05) is 0 Å². The standard InChI is InChI=1S/C9H10N2O2/c1-6-10-8(4-12)7-2-3-13-5-9(7)11-6/h4H,2-3,5H2,1H3. The Hall–Kier alpha value is -1.29. The number of aromatic nitrogens is 2. The smallest absolute Gasteiger partial charge is 0.168 e. The van der Waals surface area contributed by atoms with Crippen molar-refractivity contribution >= 4 is 6.29 Å². The molecule has 0 unspecified atom stereocenters. The SMILES string of the molecule is Cc1nc(C=O)c2c(n1)COCC2. The lowest BCUT2D eigenvalue weighted by atomic mass is 10.1. The Morgan fingerprint density at radius 2 is 2.31 bits per heavy atom. The molecule has 68 valence electrons. The van der Waals surface area contributed by atoms with Crippen LogP contribution in [-0.2, 0) is 17.8 Å². The van der Waals surface area contributed by atoms with E-state index in [0.29, 0.717) is 24.7 Å². The maximum absolute atomic E-state index is 10.7. The van der Waals surface area contributed by atoms with E-state index in [1.165, 1.54) is 0 Å². The zero-order valence-electron chi connectivity index (χ0n) is 7.41. The lowest BCUT2D eigenvalue weighted by Gasteiger charge is -2.16. The summed E-state index contributed by atoms with van der Waals surface area (Å²) in [6.07, 6.45) is 1.53. The Kier molecular flexibility index (Phi) is 2.06. The summed E-state index contributed by atoms with van der Waals surface area (Å²) < 4.78 is 5.24. The molecule has 1 aromatic heterocycles. The zero-order chi connectivity index (χ0) is 9.26. The number of carbonyl (C=O) groups excluding carboxylic acids is 1. The highest BCUT2D eigenvalue weighted by Gasteiger charge is 2.16. The molecule has 2 rings (SSSR count). The first-order valence-electron chi connectivity index (χ1n) is 4.20. The molecular weight excluding hydrogens is 168 g/mol. The predicted octanol–water partition coefficient (Wildman–Crippen LogP) is 0.670. The fourth-order valence-electron chi connectivity index (χ4n) is 1.51. The molecule has 0 N–H and O–H groups in total. The fourth-order valence-corrected chi connectivity index (χ4v) is 1.51. The van der Waals surface area contributed by atoms with Crippen molar-refractivity contribution in [3.63, 3.8) is 0 Å². The first-order valence-corrected chi connectivity index (χ1v) is 4.20. The molecule has 0 radical (unpaired) electrons. The Labute approximate surface area is 76.0 Å². The van der Waals surface area contributed by atoms with Gasteiger partial charge >= 0.3 is 0 Å². The van der Waals surface area contributed by atoms with E-state index >= 15 is 0 Å². The van der Waals surface area contributed by atoms with Crippen molar-refractivity contribution in [3.05, 3.63) is 22.8 Å². The maximum Gasteiger partial charge on any atom is 0.168 e. The van der Waals surface area contributed by atoms with E-state index in [2.05, 4.69) is 9.97 Å². The summed E-state index contributed by atoms with van der Waals surface area (Å²) in [4.78, 5) is 19.0. The van der Waals surface area contributed by atoms with Crippen LogP contribution in [0.2, 0.25) is 0 Å². The van der Waals surface area contributed by atoms with E-state index in [1.807, 2.05) is 0 Å². The van der Waals surface area contributed by atoms with Crippen LogP contribution >= 0.6 is 0 Å². The van der Waals surface area contributed by atoms with Crippen molar-refractivity contribution in [3.8, 4) is 0 Å². The highest BCUT2D eigenvalue weighted by atomic mass is 16.5. The minimum absolute atomic E-state index is 0.500. The molecule has 0 aliphatic carbocycles. The monoisotopic (exact) mass is 178 g/mol. The summed E-state index contributed by atoms with van der Waals surface area (Å²) in [6.45, 7) is 2.93. The minimum atomic E-state index is 0.500. The Balaban J connectivity index is 2.56. The van der Waals surface area contributed by atoms with Gasteiger partial charge in [0.15, 0.2) is 6.29 Å². The van der Waals surface area contributed by atoms with Crippen molar-refractivity contribution in [1.82, 2.24) is 9.97 Å². The van der Waals surface area contributed by atoms with E-state index in [9.17, 15) is 4.79 Å². The van der Waals surface area contributed by atoms with Gasteiger partial charge in [-0.25, -0.2) is 9.97 Å².